The smallest absolute Gasteiger partial charge is 0.264 e. The highest BCUT2D eigenvalue weighted by atomic mass is 32.2. The minimum absolute atomic E-state index is 0.153. The Morgan fingerprint density at radius 3 is 2.18 bits per heavy atom. The molecule has 1 aromatic rings. The van der Waals surface area contributed by atoms with Crippen LogP contribution in [0.5, 0.6) is 0 Å². The molecule has 1 aliphatic rings. The molecule has 0 fully saturated rings. The number of nitrogens with zero attached hydrogens (tertiary/aromatic N) is 2. The second-order valence-corrected chi connectivity index (χ2v) is 11.7. The van der Waals surface area contributed by atoms with E-state index >= 15 is 0 Å². The standard InChI is InChI=1S/C20H34N2O9S3/c1-16-20(2,3)18-15-17(7-8-19(18)22(16)11-6-14-34(25,26)27)21(9-4-12-32-30-28-23)10-5-13-33-31-29-24/h7-8,15-16,23-24H,4-6,9-14H2,1-3H3,(H,25,26,27). The second-order valence-electron chi connectivity index (χ2n) is 8.56. The maximum Gasteiger partial charge on any atom is 0.264 e. The monoisotopic (exact) mass is 542 g/mol. The summed E-state index contributed by atoms with van der Waals surface area (Å²) in [5.41, 5.74) is 3.17. The number of fused-ring (bicyclic) bond motifs is 1. The molecule has 0 bridgehead atoms. The van der Waals surface area contributed by atoms with Crippen LogP contribution < -0.4 is 9.80 Å². The molecule has 1 atom stereocenters. The largest absolute Gasteiger partial charge is 0.371 e. The summed E-state index contributed by atoms with van der Waals surface area (Å²) < 4.78 is 40.3. The van der Waals surface area contributed by atoms with Crippen LogP contribution in [0.4, 0.5) is 11.4 Å². The van der Waals surface area contributed by atoms with Crippen molar-refractivity contribution in [3.63, 3.8) is 0 Å². The van der Waals surface area contributed by atoms with E-state index in [0.29, 0.717) is 24.5 Å². The van der Waals surface area contributed by atoms with Crippen LogP contribution in [0.2, 0.25) is 0 Å². The molecule has 0 radical (unpaired) electrons. The van der Waals surface area contributed by atoms with Crippen molar-refractivity contribution in [2.75, 3.05) is 46.7 Å². The minimum Gasteiger partial charge on any atom is -0.371 e. The zero-order chi connectivity index (χ0) is 25.2. The van der Waals surface area contributed by atoms with Gasteiger partial charge in [0.05, 0.1) is 5.75 Å². The predicted molar refractivity (Wildman–Crippen MR) is 133 cm³/mol. The van der Waals surface area contributed by atoms with Crippen LogP contribution in [0.3, 0.4) is 0 Å². The second kappa shape index (κ2) is 14.1. The zero-order valence-electron chi connectivity index (χ0n) is 19.6. The first kappa shape index (κ1) is 29.4. The Morgan fingerprint density at radius 2 is 1.65 bits per heavy atom. The van der Waals surface area contributed by atoms with E-state index in [9.17, 15) is 8.42 Å². The highest BCUT2D eigenvalue weighted by molar-refractivity contribution is 7.94. The highest BCUT2D eigenvalue weighted by Gasteiger charge is 2.41. The van der Waals surface area contributed by atoms with Gasteiger partial charge in [-0.2, -0.15) is 8.42 Å². The van der Waals surface area contributed by atoms with Gasteiger partial charge in [-0.1, -0.05) is 23.9 Å². The van der Waals surface area contributed by atoms with Gasteiger partial charge in [-0.25, -0.2) is 10.5 Å². The van der Waals surface area contributed by atoms with E-state index in [4.69, 9.17) is 15.1 Å². The molecular weight excluding hydrogens is 508 g/mol. The van der Waals surface area contributed by atoms with Crippen LogP contribution >= 0.6 is 24.1 Å². The molecule has 1 heterocycles. The third-order valence-electron chi connectivity index (χ3n) is 6.13. The summed E-state index contributed by atoms with van der Waals surface area (Å²) in [4.78, 5) is 4.46. The van der Waals surface area contributed by atoms with Crippen molar-refractivity contribution in [3.8, 4) is 0 Å². The van der Waals surface area contributed by atoms with Gasteiger partial charge in [-0.15, -0.1) is 8.67 Å². The van der Waals surface area contributed by atoms with E-state index in [1.165, 1.54) is 5.56 Å². The number of benzene rings is 1. The Balaban J connectivity index is 2.16. The molecule has 1 unspecified atom stereocenters. The van der Waals surface area contributed by atoms with Crippen molar-refractivity contribution >= 4 is 45.6 Å². The lowest BCUT2D eigenvalue weighted by Gasteiger charge is -2.31. The average Bonchev–Trinajstić information content (AvgIpc) is 2.97. The lowest BCUT2D eigenvalue weighted by atomic mass is 9.81. The fourth-order valence-electron chi connectivity index (χ4n) is 4.15. The van der Waals surface area contributed by atoms with Crippen LogP contribution in [0.15, 0.2) is 18.2 Å². The van der Waals surface area contributed by atoms with Crippen LogP contribution in [0, 0.1) is 0 Å². The first-order valence-corrected chi connectivity index (χ1v) is 14.4. The summed E-state index contributed by atoms with van der Waals surface area (Å²) in [6, 6.07) is 6.48. The summed E-state index contributed by atoms with van der Waals surface area (Å²) in [5.74, 6) is 0.995. The van der Waals surface area contributed by atoms with Gasteiger partial charge in [-0.3, -0.25) is 4.55 Å². The maximum absolute atomic E-state index is 11.1. The molecule has 2 rings (SSSR count). The van der Waals surface area contributed by atoms with Gasteiger partial charge < -0.3 is 9.80 Å². The van der Waals surface area contributed by atoms with Crippen LogP contribution in [-0.2, 0) is 34.3 Å². The Hall–Kier alpha value is -0.810. The van der Waals surface area contributed by atoms with Crippen LogP contribution in [-0.4, -0.2) is 66.4 Å². The molecular formula is C20H34N2O9S3. The van der Waals surface area contributed by atoms with Gasteiger partial charge >= 0.3 is 0 Å². The summed E-state index contributed by atoms with van der Waals surface area (Å²) in [6.45, 7) is 8.52. The summed E-state index contributed by atoms with van der Waals surface area (Å²) in [7, 11) is -3.99. The van der Waals surface area contributed by atoms with Crippen molar-refractivity contribution in [3.05, 3.63) is 23.8 Å². The Morgan fingerprint density at radius 1 is 1.06 bits per heavy atom. The maximum atomic E-state index is 11.1. The van der Waals surface area contributed by atoms with Crippen molar-refractivity contribution < 1.29 is 42.2 Å². The average molecular weight is 543 g/mol. The number of anilines is 2. The van der Waals surface area contributed by atoms with E-state index < -0.39 is 10.1 Å². The van der Waals surface area contributed by atoms with Crippen molar-refractivity contribution in [1.29, 1.82) is 0 Å². The van der Waals surface area contributed by atoms with E-state index in [2.05, 4.69) is 67.5 Å². The van der Waals surface area contributed by atoms with Gasteiger partial charge in [0.2, 0.25) is 0 Å². The lowest BCUT2D eigenvalue weighted by Crippen LogP contribution is -2.39. The van der Waals surface area contributed by atoms with E-state index in [1.807, 2.05) is 0 Å². The van der Waals surface area contributed by atoms with E-state index in [0.717, 1.165) is 61.4 Å². The molecule has 1 aliphatic heterocycles. The first-order valence-electron chi connectivity index (χ1n) is 10.9. The molecule has 0 spiro atoms. The molecule has 0 saturated carbocycles. The normalized spacial score (nSPS) is 17.2. The Bertz CT molecular complexity index is 844. The lowest BCUT2D eigenvalue weighted by molar-refractivity contribution is -0.432. The van der Waals surface area contributed by atoms with Gasteiger partial charge in [0.15, 0.2) is 0 Å². The predicted octanol–water partition coefficient (Wildman–Crippen LogP) is 4.18. The molecule has 0 aliphatic carbocycles. The molecule has 0 saturated heterocycles. The quantitative estimate of drug-likeness (QED) is 0.0854. The number of hydrogen-bond acceptors (Lipinski definition) is 12. The number of hydrogen-bond donors (Lipinski definition) is 3. The molecule has 196 valence electrons. The molecule has 0 aromatic heterocycles. The van der Waals surface area contributed by atoms with Crippen molar-refractivity contribution in [2.24, 2.45) is 0 Å². The summed E-state index contributed by atoms with van der Waals surface area (Å²) in [5, 5.41) is 23.8. The van der Waals surface area contributed by atoms with Gasteiger partial charge in [0.25, 0.3) is 10.1 Å². The van der Waals surface area contributed by atoms with Gasteiger partial charge in [0, 0.05) is 78.1 Å². The first-order chi connectivity index (χ1) is 16.1. The summed E-state index contributed by atoms with van der Waals surface area (Å²) >= 11 is 2.04. The number of rotatable bonds is 17. The fraction of sp³-hybridized carbons (Fsp3) is 0.700. The molecule has 3 N–H and O–H groups in total. The molecule has 1 aromatic carbocycles. The van der Waals surface area contributed by atoms with E-state index in [-0.39, 0.29) is 17.2 Å². The van der Waals surface area contributed by atoms with Crippen LogP contribution in [0.1, 0.15) is 45.6 Å². The SMILES string of the molecule is CC1N(CCCS(=O)(=O)O)c2ccc(N(CCCSOOO)CCCSOOO)cc2C1(C)C. The molecule has 14 heteroatoms. The molecule has 0 amide bonds. The highest BCUT2D eigenvalue weighted by Crippen LogP contribution is 2.46. The van der Waals surface area contributed by atoms with Crippen molar-refractivity contribution in [2.45, 2.75) is 51.5 Å². The molecule has 34 heavy (non-hydrogen) atoms. The third kappa shape index (κ3) is 8.69. The van der Waals surface area contributed by atoms with Crippen LogP contribution in [0.25, 0.3) is 0 Å². The van der Waals surface area contributed by atoms with Gasteiger partial charge in [-0.05, 0) is 49.9 Å². The van der Waals surface area contributed by atoms with Gasteiger partial charge in [0.1, 0.15) is 0 Å². The minimum atomic E-state index is -3.99. The topological polar surface area (TPSA) is 138 Å². The fourth-order valence-corrected chi connectivity index (χ4v) is 5.36. The van der Waals surface area contributed by atoms with Crippen molar-refractivity contribution in [1.82, 2.24) is 0 Å². The van der Waals surface area contributed by atoms with E-state index in [1.54, 1.807) is 0 Å². The zero-order valence-corrected chi connectivity index (χ0v) is 22.0. The Labute approximate surface area is 209 Å². The Kier molecular flexibility index (Phi) is 12.2. The summed E-state index contributed by atoms with van der Waals surface area (Å²) in [6.07, 6.45) is 1.92. The third-order valence-corrected chi connectivity index (χ3v) is 8.16. The molecule has 11 nitrogen and oxygen atoms in total.